The summed E-state index contributed by atoms with van der Waals surface area (Å²) in [6.45, 7) is 3.61. The Morgan fingerprint density at radius 2 is 1.55 bits per heavy atom. The van der Waals surface area contributed by atoms with Crippen LogP contribution in [-0.4, -0.2) is 47.2 Å². The molecule has 1 N–H and O–H groups in total. The van der Waals surface area contributed by atoms with Gasteiger partial charge in [-0.1, -0.05) is 54.6 Å². The Bertz CT molecular complexity index is 635. The molecule has 1 saturated heterocycles. The molecule has 1 aliphatic heterocycles. The van der Waals surface area contributed by atoms with Gasteiger partial charge in [0.05, 0.1) is 0 Å². The second-order valence-electron chi connectivity index (χ2n) is 5.57. The number of nitrogens with zero attached hydrogens (tertiary/aromatic N) is 2. The van der Waals surface area contributed by atoms with Gasteiger partial charge in [-0.25, -0.2) is 4.79 Å². The van der Waals surface area contributed by atoms with Crippen LogP contribution >= 0.6 is 0 Å². The molecule has 0 radical (unpaired) electrons. The van der Waals surface area contributed by atoms with Crippen LogP contribution in [0.25, 0.3) is 11.1 Å². The van der Waals surface area contributed by atoms with E-state index in [0.717, 1.165) is 19.6 Å². The van der Waals surface area contributed by atoms with E-state index in [1.54, 1.807) is 0 Å². The van der Waals surface area contributed by atoms with Gasteiger partial charge in [0.2, 0.25) is 0 Å². The fourth-order valence-corrected chi connectivity index (χ4v) is 2.90. The highest BCUT2D eigenvalue weighted by atomic mass is 16.4. The predicted molar refractivity (Wildman–Crippen MR) is 86.8 cm³/mol. The minimum absolute atomic E-state index is 0.586. The summed E-state index contributed by atoms with van der Waals surface area (Å²) in [5, 5.41) is 9.01. The summed E-state index contributed by atoms with van der Waals surface area (Å²) >= 11 is 0. The maximum atomic E-state index is 11.0. The van der Waals surface area contributed by atoms with Crippen LogP contribution in [0.1, 0.15) is 5.56 Å². The van der Waals surface area contributed by atoms with E-state index in [2.05, 4.69) is 53.4 Å². The molecule has 1 fully saturated rings. The first-order valence-electron chi connectivity index (χ1n) is 7.57. The van der Waals surface area contributed by atoms with Gasteiger partial charge in [-0.2, -0.15) is 0 Å². The predicted octanol–water partition coefficient (Wildman–Crippen LogP) is 3.15. The molecule has 114 valence electrons. The minimum Gasteiger partial charge on any atom is -0.465 e. The van der Waals surface area contributed by atoms with Crippen molar-refractivity contribution < 1.29 is 9.90 Å². The van der Waals surface area contributed by atoms with E-state index >= 15 is 0 Å². The summed E-state index contributed by atoms with van der Waals surface area (Å²) in [7, 11) is 0. The normalized spacial score (nSPS) is 15.7. The number of benzene rings is 2. The molecule has 3 rings (SSSR count). The molecule has 2 aromatic rings. The lowest BCUT2D eigenvalue weighted by atomic mass is 9.99. The average Bonchev–Trinajstić information content (AvgIpc) is 2.57. The topological polar surface area (TPSA) is 43.8 Å². The molecule has 0 atom stereocenters. The lowest BCUT2D eigenvalue weighted by molar-refractivity contribution is 0.103. The molecule has 22 heavy (non-hydrogen) atoms. The summed E-state index contributed by atoms with van der Waals surface area (Å²) in [4.78, 5) is 14.8. The third kappa shape index (κ3) is 3.28. The van der Waals surface area contributed by atoms with Gasteiger partial charge in [-0.3, -0.25) is 4.90 Å². The zero-order valence-electron chi connectivity index (χ0n) is 12.5. The average molecular weight is 296 g/mol. The molecular formula is C18H20N2O2. The summed E-state index contributed by atoms with van der Waals surface area (Å²) in [5.41, 5.74) is 3.77. The van der Waals surface area contributed by atoms with Gasteiger partial charge in [0.25, 0.3) is 0 Å². The van der Waals surface area contributed by atoms with E-state index in [0.29, 0.717) is 13.1 Å². The Morgan fingerprint density at radius 3 is 2.23 bits per heavy atom. The maximum Gasteiger partial charge on any atom is 0.407 e. The monoisotopic (exact) mass is 296 g/mol. The number of piperazine rings is 1. The Labute approximate surface area is 130 Å². The van der Waals surface area contributed by atoms with Crippen molar-refractivity contribution in [2.75, 3.05) is 26.2 Å². The standard InChI is InChI=1S/C18H20N2O2/c21-18(22)20-12-10-19(11-13-20)14-16-8-4-5-9-17(16)15-6-2-1-3-7-15/h1-9H,10-14H2,(H,21,22). The molecule has 4 nitrogen and oxygen atoms in total. The zero-order chi connectivity index (χ0) is 15.4. The van der Waals surface area contributed by atoms with E-state index in [-0.39, 0.29) is 0 Å². The zero-order valence-corrected chi connectivity index (χ0v) is 12.5. The molecule has 0 saturated carbocycles. The van der Waals surface area contributed by atoms with E-state index < -0.39 is 6.09 Å². The first-order valence-corrected chi connectivity index (χ1v) is 7.57. The summed E-state index contributed by atoms with van der Waals surface area (Å²) in [5.74, 6) is 0. The SMILES string of the molecule is O=C(O)N1CCN(Cc2ccccc2-c2ccccc2)CC1. The highest BCUT2D eigenvalue weighted by molar-refractivity contribution is 5.67. The Kier molecular flexibility index (Phi) is 4.39. The van der Waals surface area contributed by atoms with Crippen LogP contribution in [-0.2, 0) is 6.54 Å². The van der Waals surface area contributed by atoms with Gasteiger partial charge < -0.3 is 10.0 Å². The molecule has 1 heterocycles. The molecule has 1 amide bonds. The van der Waals surface area contributed by atoms with Crippen LogP contribution < -0.4 is 0 Å². The second kappa shape index (κ2) is 6.62. The van der Waals surface area contributed by atoms with E-state index in [1.807, 2.05) is 6.07 Å². The maximum absolute atomic E-state index is 11.0. The van der Waals surface area contributed by atoms with Crippen molar-refractivity contribution in [3.05, 3.63) is 60.2 Å². The molecule has 0 unspecified atom stereocenters. The minimum atomic E-state index is -0.815. The van der Waals surface area contributed by atoms with Crippen LogP contribution in [0, 0.1) is 0 Å². The quantitative estimate of drug-likeness (QED) is 0.946. The largest absolute Gasteiger partial charge is 0.465 e. The second-order valence-corrected chi connectivity index (χ2v) is 5.57. The van der Waals surface area contributed by atoms with Gasteiger partial charge in [0.15, 0.2) is 0 Å². The number of hydrogen-bond donors (Lipinski definition) is 1. The van der Waals surface area contributed by atoms with Crippen molar-refractivity contribution >= 4 is 6.09 Å². The van der Waals surface area contributed by atoms with Gasteiger partial charge in [-0.05, 0) is 16.7 Å². The molecular weight excluding hydrogens is 276 g/mol. The fraction of sp³-hybridized carbons (Fsp3) is 0.278. The molecule has 0 spiro atoms. The molecule has 0 aromatic heterocycles. The highest BCUT2D eigenvalue weighted by Crippen LogP contribution is 2.24. The van der Waals surface area contributed by atoms with Crippen molar-refractivity contribution in [1.29, 1.82) is 0 Å². The van der Waals surface area contributed by atoms with Crippen LogP contribution in [0.5, 0.6) is 0 Å². The van der Waals surface area contributed by atoms with E-state index in [1.165, 1.54) is 21.6 Å². The number of rotatable bonds is 3. The molecule has 2 aromatic carbocycles. The fourth-order valence-electron chi connectivity index (χ4n) is 2.90. The smallest absolute Gasteiger partial charge is 0.407 e. The molecule has 1 aliphatic rings. The van der Waals surface area contributed by atoms with E-state index in [4.69, 9.17) is 5.11 Å². The van der Waals surface area contributed by atoms with Gasteiger partial charge in [0.1, 0.15) is 0 Å². The molecule has 0 aliphatic carbocycles. The third-order valence-corrected chi connectivity index (χ3v) is 4.14. The number of carbonyl (C=O) groups is 1. The number of hydrogen-bond acceptors (Lipinski definition) is 2. The Hall–Kier alpha value is -2.33. The molecule has 4 heteroatoms. The Balaban J connectivity index is 1.73. The summed E-state index contributed by atoms with van der Waals surface area (Å²) in [6.07, 6.45) is -0.815. The summed E-state index contributed by atoms with van der Waals surface area (Å²) < 4.78 is 0. The van der Waals surface area contributed by atoms with Crippen molar-refractivity contribution in [3.63, 3.8) is 0 Å². The van der Waals surface area contributed by atoms with Gasteiger partial charge in [-0.15, -0.1) is 0 Å². The van der Waals surface area contributed by atoms with Crippen LogP contribution in [0.4, 0.5) is 4.79 Å². The van der Waals surface area contributed by atoms with Crippen LogP contribution in [0.3, 0.4) is 0 Å². The lowest BCUT2D eigenvalue weighted by Gasteiger charge is -2.33. The van der Waals surface area contributed by atoms with Gasteiger partial charge >= 0.3 is 6.09 Å². The molecule has 0 bridgehead atoms. The Morgan fingerprint density at radius 1 is 0.909 bits per heavy atom. The summed E-state index contributed by atoms with van der Waals surface area (Å²) in [6, 6.07) is 18.8. The van der Waals surface area contributed by atoms with Crippen molar-refractivity contribution in [3.8, 4) is 11.1 Å². The van der Waals surface area contributed by atoms with Gasteiger partial charge in [0, 0.05) is 32.7 Å². The van der Waals surface area contributed by atoms with Crippen molar-refractivity contribution in [2.45, 2.75) is 6.54 Å². The highest BCUT2D eigenvalue weighted by Gasteiger charge is 2.20. The van der Waals surface area contributed by atoms with Crippen LogP contribution in [0.15, 0.2) is 54.6 Å². The van der Waals surface area contributed by atoms with Crippen molar-refractivity contribution in [2.24, 2.45) is 0 Å². The lowest BCUT2D eigenvalue weighted by Crippen LogP contribution is -2.47. The van der Waals surface area contributed by atoms with E-state index in [9.17, 15) is 4.79 Å². The first-order chi connectivity index (χ1) is 10.7. The number of carboxylic acid groups (broad SMARTS) is 1. The van der Waals surface area contributed by atoms with Crippen molar-refractivity contribution in [1.82, 2.24) is 9.80 Å². The van der Waals surface area contributed by atoms with Crippen LogP contribution in [0.2, 0.25) is 0 Å². The third-order valence-electron chi connectivity index (χ3n) is 4.14. The number of amides is 1. The first kappa shape index (κ1) is 14.6.